The third-order valence-electron chi connectivity index (χ3n) is 7.92. The van der Waals surface area contributed by atoms with Gasteiger partial charge in [-0.2, -0.15) is 13.2 Å². The fourth-order valence-corrected chi connectivity index (χ4v) is 6.64. The van der Waals surface area contributed by atoms with Crippen molar-refractivity contribution in [3.05, 3.63) is 53.1 Å². The van der Waals surface area contributed by atoms with Gasteiger partial charge in [-0.15, -0.1) is 0 Å². The summed E-state index contributed by atoms with van der Waals surface area (Å²) in [6.07, 6.45) is -1.50. The van der Waals surface area contributed by atoms with Crippen LogP contribution in [0, 0.1) is 5.92 Å². The number of likely N-dealkylation sites (N-methyl/N-ethyl adjacent to an activating group) is 1. The van der Waals surface area contributed by atoms with Gasteiger partial charge in [0, 0.05) is 23.1 Å². The highest BCUT2D eigenvalue weighted by molar-refractivity contribution is 5.58. The zero-order valence-electron chi connectivity index (χ0n) is 17.2. The lowest BCUT2D eigenvalue weighted by atomic mass is 9.51. The first-order valence-electron chi connectivity index (χ1n) is 10.8. The van der Waals surface area contributed by atoms with Crippen molar-refractivity contribution >= 4 is 0 Å². The second-order valence-corrected chi connectivity index (χ2v) is 9.41. The Balaban J connectivity index is 1.39. The molecule has 0 aromatic heterocycles. The molecule has 2 aromatic rings. The second kappa shape index (κ2) is 6.39. The Morgan fingerprint density at radius 1 is 1.13 bits per heavy atom. The number of nitrogens with zero attached hydrogens (tertiary/aromatic N) is 1. The first kappa shape index (κ1) is 19.4. The molecule has 2 aliphatic heterocycles. The van der Waals surface area contributed by atoms with Crippen LogP contribution in [0.2, 0.25) is 0 Å². The Hall–Kier alpha value is -2.25. The zero-order chi connectivity index (χ0) is 21.5. The number of halogens is 3. The summed E-state index contributed by atoms with van der Waals surface area (Å²) in [5, 5.41) is 10.8. The lowest BCUT2D eigenvalue weighted by molar-refractivity contribution is -0.137. The van der Waals surface area contributed by atoms with Crippen molar-refractivity contribution < 1.29 is 27.8 Å². The van der Waals surface area contributed by atoms with Crippen LogP contribution in [0.4, 0.5) is 13.2 Å². The predicted molar refractivity (Wildman–Crippen MR) is 108 cm³/mol. The standard InChI is InChI=1S/C24H24F3NO3/c1-28-9-8-23-17-6-7-19(29)22(23)31-20-12-16(10-13(21(20)23)11-18(17)28)30-15-4-2-14(3-5-15)24(25,26)27/h2-5,10,12,17-19,22,29H,6-9,11H2,1H3. The maximum absolute atomic E-state index is 12.8. The maximum atomic E-state index is 12.8. The molecule has 0 radical (unpaired) electrons. The van der Waals surface area contributed by atoms with Gasteiger partial charge in [-0.25, -0.2) is 0 Å². The minimum Gasteiger partial charge on any atom is -0.486 e. The molecule has 2 aromatic carbocycles. The zero-order valence-corrected chi connectivity index (χ0v) is 17.2. The molecule has 1 N–H and O–H groups in total. The van der Waals surface area contributed by atoms with E-state index in [1.807, 2.05) is 12.1 Å². The van der Waals surface area contributed by atoms with Crippen LogP contribution < -0.4 is 9.47 Å². The fraction of sp³-hybridized carbons (Fsp3) is 0.500. The quantitative estimate of drug-likeness (QED) is 0.759. The summed E-state index contributed by atoms with van der Waals surface area (Å²) in [6.45, 7) is 0.983. The number of rotatable bonds is 2. The van der Waals surface area contributed by atoms with E-state index in [9.17, 15) is 18.3 Å². The molecule has 6 rings (SSSR count). The van der Waals surface area contributed by atoms with Crippen molar-refractivity contribution in [3.63, 3.8) is 0 Å². The van der Waals surface area contributed by atoms with Gasteiger partial charge in [0.15, 0.2) is 0 Å². The van der Waals surface area contributed by atoms with Gasteiger partial charge >= 0.3 is 6.18 Å². The van der Waals surface area contributed by atoms with E-state index in [-0.39, 0.29) is 11.5 Å². The number of hydrogen-bond acceptors (Lipinski definition) is 4. The van der Waals surface area contributed by atoms with E-state index in [1.165, 1.54) is 23.3 Å². The van der Waals surface area contributed by atoms with E-state index in [0.29, 0.717) is 23.5 Å². The smallest absolute Gasteiger partial charge is 0.416 e. The largest absolute Gasteiger partial charge is 0.486 e. The van der Waals surface area contributed by atoms with E-state index in [0.717, 1.165) is 50.1 Å². The van der Waals surface area contributed by atoms with Crippen molar-refractivity contribution in [1.29, 1.82) is 0 Å². The van der Waals surface area contributed by atoms with E-state index in [4.69, 9.17) is 9.47 Å². The minimum absolute atomic E-state index is 0.148. The molecule has 2 bridgehead atoms. The number of alkyl halides is 3. The molecule has 2 fully saturated rings. The molecular formula is C24H24F3NO3. The predicted octanol–water partition coefficient (Wildman–Crippen LogP) is 4.53. The Morgan fingerprint density at radius 3 is 2.65 bits per heavy atom. The number of ether oxygens (including phenoxy) is 2. The van der Waals surface area contributed by atoms with Crippen LogP contribution in [0.3, 0.4) is 0 Å². The number of hydrogen-bond donors (Lipinski definition) is 1. The van der Waals surface area contributed by atoms with Crippen LogP contribution in [0.5, 0.6) is 17.2 Å². The minimum atomic E-state index is -4.37. The monoisotopic (exact) mass is 431 g/mol. The first-order chi connectivity index (χ1) is 14.8. The Bertz CT molecular complexity index is 1040. The molecule has 4 nitrogen and oxygen atoms in total. The highest BCUT2D eigenvalue weighted by Gasteiger charge is 2.64. The lowest BCUT2D eigenvalue weighted by Crippen LogP contribution is -2.66. The molecule has 5 atom stereocenters. The van der Waals surface area contributed by atoms with Crippen molar-refractivity contribution in [1.82, 2.24) is 4.90 Å². The van der Waals surface area contributed by atoms with Gasteiger partial charge in [0.25, 0.3) is 0 Å². The Labute approximate surface area is 178 Å². The second-order valence-electron chi connectivity index (χ2n) is 9.41. The normalized spacial score (nSPS) is 33.6. The third-order valence-corrected chi connectivity index (χ3v) is 7.92. The molecule has 0 amide bonds. The Kier molecular flexibility index (Phi) is 4.01. The number of aliphatic hydroxyl groups excluding tert-OH is 1. The Morgan fingerprint density at radius 2 is 1.90 bits per heavy atom. The maximum Gasteiger partial charge on any atom is 0.416 e. The van der Waals surface area contributed by atoms with Gasteiger partial charge in [-0.3, -0.25) is 0 Å². The topological polar surface area (TPSA) is 41.9 Å². The molecular weight excluding hydrogens is 407 g/mol. The van der Waals surface area contributed by atoms with Crippen molar-refractivity contribution in [3.8, 4) is 17.2 Å². The number of likely N-dealkylation sites (tertiary alicyclic amines) is 1. The molecule has 7 heteroatoms. The van der Waals surface area contributed by atoms with Crippen molar-refractivity contribution in [2.75, 3.05) is 13.6 Å². The first-order valence-corrected chi connectivity index (χ1v) is 10.8. The molecule has 4 aliphatic rings. The molecule has 2 aliphatic carbocycles. The summed E-state index contributed by atoms with van der Waals surface area (Å²) in [4.78, 5) is 2.43. The third kappa shape index (κ3) is 2.69. The van der Waals surface area contributed by atoms with E-state index < -0.39 is 17.8 Å². The highest BCUT2D eigenvalue weighted by Crippen LogP contribution is 2.62. The average molecular weight is 431 g/mol. The number of piperidine rings is 1. The SMILES string of the molecule is CN1CCC23c4c5cc(Oc6ccc(C(F)(F)F)cc6)cc4OC2C(O)CCC3C1C5. The summed E-state index contributed by atoms with van der Waals surface area (Å²) in [7, 11) is 2.17. The molecule has 5 unspecified atom stereocenters. The van der Waals surface area contributed by atoms with Gasteiger partial charge in [-0.05, 0) is 81.1 Å². The van der Waals surface area contributed by atoms with Crippen molar-refractivity contribution in [2.24, 2.45) is 5.92 Å². The summed E-state index contributed by atoms with van der Waals surface area (Å²) in [5.41, 5.74) is 1.55. The van der Waals surface area contributed by atoms with Crippen molar-refractivity contribution in [2.45, 2.75) is 55.5 Å². The molecule has 1 saturated heterocycles. The number of benzene rings is 2. The van der Waals surface area contributed by atoms with Gasteiger partial charge in [0.2, 0.25) is 0 Å². The molecule has 31 heavy (non-hydrogen) atoms. The number of aliphatic hydroxyl groups is 1. The van der Waals surface area contributed by atoms with Gasteiger partial charge < -0.3 is 19.5 Å². The summed E-state index contributed by atoms with van der Waals surface area (Å²) >= 11 is 0. The van der Waals surface area contributed by atoms with Crippen LogP contribution in [0.25, 0.3) is 0 Å². The fourth-order valence-electron chi connectivity index (χ4n) is 6.64. The van der Waals surface area contributed by atoms with E-state index in [1.54, 1.807) is 0 Å². The summed E-state index contributed by atoms with van der Waals surface area (Å²) in [6, 6.07) is 8.96. The average Bonchev–Trinajstić information content (AvgIpc) is 3.06. The highest BCUT2D eigenvalue weighted by atomic mass is 19.4. The van der Waals surface area contributed by atoms with Crippen LogP contribution in [0.15, 0.2) is 36.4 Å². The van der Waals surface area contributed by atoms with Crippen LogP contribution in [0.1, 0.15) is 36.0 Å². The van der Waals surface area contributed by atoms with Gasteiger partial charge in [0.1, 0.15) is 23.4 Å². The lowest BCUT2D eigenvalue weighted by Gasteiger charge is -2.58. The molecule has 164 valence electrons. The molecule has 1 spiro atoms. The van der Waals surface area contributed by atoms with E-state index >= 15 is 0 Å². The van der Waals surface area contributed by atoms with E-state index in [2.05, 4.69) is 11.9 Å². The summed E-state index contributed by atoms with van der Waals surface area (Å²) in [5.74, 6) is 2.13. The summed E-state index contributed by atoms with van der Waals surface area (Å²) < 4.78 is 50.8. The van der Waals surface area contributed by atoms with Gasteiger partial charge in [-0.1, -0.05) is 0 Å². The molecule has 1 saturated carbocycles. The van der Waals surface area contributed by atoms with Crippen LogP contribution in [-0.4, -0.2) is 41.8 Å². The van der Waals surface area contributed by atoms with Crippen LogP contribution >= 0.6 is 0 Å². The molecule has 2 heterocycles. The van der Waals surface area contributed by atoms with Crippen LogP contribution in [-0.2, 0) is 18.0 Å². The van der Waals surface area contributed by atoms with Gasteiger partial charge in [0.05, 0.1) is 11.7 Å².